The Morgan fingerprint density at radius 3 is 1.53 bits per heavy atom. The molecular weight excluding hydrogens is 569 g/mol. The molecule has 0 radical (unpaired) electrons. The third kappa shape index (κ3) is 3.90. The fourth-order valence-corrected chi connectivity index (χ4v) is 7.81. The van der Waals surface area contributed by atoms with Gasteiger partial charge in [0.05, 0.1) is 0 Å². The van der Waals surface area contributed by atoms with Gasteiger partial charge in [-0.2, -0.15) is 0 Å². The van der Waals surface area contributed by atoms with Gasteiger partial charge in [-0.05, 0) is 89.1 Å². The molecule has 10 aromatic rings. The van der Waals surface area contributed by atoms with Crippen LogP contribution in [0.2, 0.25) is 0 Å². The maximum Gasteiger partial charge on any atom is 0.143 e. The highest BCUT2D eigenvalue weighted by molar-refractivity contribution is 6.24. The minimum Gasteiger partial charge on any atom is -0.455 e. The molecule has 0 bridgehead atoms. The lowest BCUT2D eigenvalue weighted by molar-refractivity contribution is 0.670. The van der Waals surface area contributed by atoms with Crippen LogP contribution in [0.5, 0.6) is 0 Å². The fourth-order valence-electron chi connectivity index (χ4n) is 7.81. The average Bonchev–Trinajstić information content (AvgIpc) is 3.50. The summed E-state index contributed by atoms with van der Waals surface area (Å²) in [4.78, 5) is 0. The zero-order valence-corrected chi connectivity index (χ0v) is 25.6. The van der Waals surface area contributed by atoms with Gasteiger partial charge in [0.1, 0.15) is 11.2 Å². The molecule has 1 heterocycles. The van der Waals surface area contributed by atoms with E-state index >= 15 is 0 Å². The van der Waals surface area contributed by atoms with Crippen molar-refractivity contribution in [3.8, 4) is 33.4 Å². The zero-order chi connectivity index (χ0) is 30.9. The first kappa shape index (κ1) is 26.1. The van der Waals surface area contributed by atoms with Crippen molar-refractivity contribution in [2.45, 2.75) is 0 Å². The second kappa shape index (κ2) is 10.2. The summed E-state index contributed by atoms with van der Waals surface area (Å²) in [5.41, 5.74) is 9.12. The molecule has 0 aliphatic heterocycles. The lowest BCUT2D eigenvalue weighted by Gasteiger charge is -2.19. The summed E-state index contributed by atoms with van der Waals surface area (Å²) in [6.45, 7) is 0. The molecular formula is C46H28O. The molecule has 10 rings (SSSR count). The van der Waals surface area contributed by atoms with Crippen molar-refractivity contribution in [1.82, 2.24) is 0 Å². The molecule has 0 spiro atoms. The molecule has 47 heavy (non-hydrogen) atoms. The van der Waals surface area contributed by atoms with Crippen LogP contribution in [0.1, 0.15) is 0 Å². The molecule has 1 heteroatoms. The van der Waals surface area contributed by atoms with Crippen LogP contribution >= 0.6 is 0 Å². The number of hydrogen-bond acceptors (Lipinski definition) is 1. The van der Waals surface area contributed by atoms with Gasteiger partial charge in [0, 0.05) is 16.3 Å². The third-order valence-corrected chi connectivity index (χ3v) is 9.82. The lowest BCUT2D eigenvalue weighted by atomic mass is 9.84. The van der Waals surface area contributed by atoms with E-state index in [4.69, 9.17) is 4.42 Å². The smallest absolute Gasteiger partial charge is 0.143 e. The maximum absolute atomic E-state index is 6.63. The number of fused-ring (bicyclic) bond motifs is 7. The van der Waals surface area contributed by atoms with E-state index in [1.165, 1.54) is 65.3 Å². The normalized spacial score (nSPS) is 11.8. The number of rotatable bonds is 3. The van der Waals surface area contributed by atoms with E-state index < -0.39 is 0 Å². The third-order valence-electron chi connectivity index (χ3n) is 9.82. The van der Waals surface area contributed by atoms with Crippen molar-refractivity contribution in [3.05, 3.63) is 170 Å². The number of para-hydroxylation sites is 1. The quantitative estimate of drug-likeness (QED) is 0.185. The summed E-state index contributed by atoms with van der Waals surface area (Å²) < 4.78 is 6.63. The van der Waals surface area contributed by atoms with Crippen LogP contribution in [0, 0.1) is 0 Å². The molecule has 0 atom stereocenters. The zero-order valence-electron chi connectivity index (χ0n) is 25.6. The van der Waals surface area contributed by atoms with Gasteiger partial charge in [0.25, 0.3) is 0 Å². The first-order chi connectivity index (χ1) is 23.3. The van der Waals surface area contributed by atoms with Gasteiger partial charge >= 0.3 is 0 Å². The van der Waals surface area contributed by atoms with Crippen molar-refractivity contribution < 1.29 is 4.42 Å². The topological polar surface area (TPSA) is 13.1 Å². The largest absolute Gasteiger partial charge is 0.455 e. The summed E-state index contributed by atoms with van der Waals surface area (Å²) in [7, 11) is 0. The maximum atomic E-state index is 6.63. The molecule has 9 aromatic carbocycles. The van der Waals surface area contributed by atoms with Gasteiger partial charge in [-0.25, -0.2) is 0 Å². The second-order valence-corrected chi connectivity index (χ2v) is 12.4. The monoisotopic (exact) mass is 596 g/mol. The Morgan fingerprint density at radius 1 is 0.298 bits per heavy atom. The Balaban J connectivity index is 1.29. The van der Waals surface area contributed by atoms with E-state index in [1.54, 1.807) is 0 Å². The predicted molar refractivity (Wildman–Crippen MR) is 200 cm³/mol. The van der Waals surface area contributed by atoms with Crippen LogP contribution in [0.15, 0.2) is 174 Å². The average molecular weight is 597 g/mol. The Kier molecular flexibility index (Phi) is 5.64. The molecule has 0 fully saturated rings. The molecule has 218 valence electrons. The number of hydrogen-bond donors (Lipinski definition) is 0. The Labute approximate surface area is 271 Å². The molecule has 0 N–H and O–H groups in total. The second-order valence-electron chi connectivity index (χ2n) is 12.4. The fraction of sp³-hybridized carbons (Fsp3) is 0. The minimum atomic E-state index is 0.913. The first-order valence-electron chi connectivity index (χ1n) is 16.2. The highest BCUT2D eigenvalue weighted by Gasteiger charge is 2.20. The highest BCUT2D eigenvalue weighted by Crippen LogP contribution is 2.47. The molecule has 0 saturated carbocycles. The predicted octanol–water partition coefficient (Wildman–Crippen LogP) is 13.2. The van der Waals surface area contributed by atoms with Gasteiger partial charge < -0.3 is 4.42 Å². The van der Waals surface area contributed by atoms with Crippen LogP contribution in [0.4, 0.5) is 0 Å². The van der Waals surface area contributed by atoms with E-state index in [0.717, 1.165) is 33.1 Å². The van der Waals surface area contributed by atoms with Gasteiger partial charge in [-0.1, -0.05) is 152 Å². The van der Waals surface area contributed by atoms with Crippen LogP contribution in [0.25, 0.3) is 98.4 Å². The van der Waals surface area contributed by atoms with Crippen molar-refractivity contribution in [3.63, 3.8) is 0 Å². The Bertz CT molecular complexity index is 2790. The molecule has 0 amide bonds. The van der Waals surface area contributed by atoms with Crippen molar-refractivity contribution >= 4 is 65.0 Å². The summed E-state index contributed by atoms with van der Waals surface area (Å²) in [5, 5.41) is 12.2. The van der Waals surface area contributed by atoms with E-state index in [1.807, 2.05) is 6.07 Å². The van der Waals surface area contributed by atoms with E-state index in [-0.39, 0.29) is 0 Å². The lowest BCUT2D eigenvalue weighted by Crippen LogP contribution is -1.92. The van der Waals surface area contributed by atoms with E-state index in [0.29, 0.717) is 0 Å². The Hall–Kier alpha value is -6.18. The summed E-state index contributed by atoms with van der Waals surface area (Å²) in [6.07, 6.45) is 0. The van der Waals surface area contributed by atoms with E-state index in [9.17, 15) is 0 Å². The molecule has 0 unspecified atom stereocenters. The van der Waals surface area contributed by atoms with E-state index in [2.05, 4.69) is 164 Å². The van der Waals surface area contributed by atoms with Gasteiger partial charge in [-0.15, -0.1) is 0 Å². The molecule has 0 aliphatic rings. The Morgan fingerprint density at radius 2 is 0.809 bits per heavy atom. The number of furan rings is 1. The summed E-state index contributed by atoms with van der Waals surface area (Å²) >= 11 is 0. The van der Waals surface area contributed by atoms with Gasteiger partial charge in [0.2, 0.25) is 0 Å². The molecule has 1 aromatic heterocycles. The van der Waals surface area contributed by atoms with Gasteiger partial charge in [0.15, 0.2) is 0 Å². The highest BCUT2D eigenvalue weighted by atomic mass is 16.3. The summed E-state index contributed by atoms with van der Waals surface area (Å²) in [5.74, 6) is 0. The standard InChI is InChI=1S/C46H28O/c1-3-18-33-29(13-1)15-12-25-36(33)45-39-23-7-5-21-37(39)43(38-22-6-8-24-40(38)45)31-16-11-17-32(27-31)44-34-19-4-2-14-30(34)28-41-35-20-9-10-26-42(35)47-46(41)44/h1-28H. The number of benzene rings is 9. The summed E-state index contributed by atoms with van der Waals surface area (Å²) in [6, 6.07) is 61.5. The first-order valence-corrected chi connectivity index (χ1v) is 16.2. The van der Waals surface area contributed by atoms with Crippen LogP contribution in [-0.2, 0) is 0 Å². The SMILES string of the molecule is c1cc(-c2c3ccccc3c(-c3cccc4ccccc34)c3ccccc23)cc(-c2c3ccccc3cc3c2oc2ccccc23)c1. The van der Waals surface area contributed by atoms with Gasteiger partial charge in [-0.3, -0.25) is 0 Å². The molecule has 1 nitrogen and oxygen atoms in total. The minimum absolute atomic E-state index is 0.913. The van der Waals surface area contributed by atoms with Crippen molar-refractivity contribution in [2.75, 3.05) is 0 Å². The molecule has 0 saturated heterocycles. The van der Waals surface area contributed by atoms with Crippen molar-refractivity contribution in [2.24, 2.45) is 0 Å². The van der Waals surface area contributed by atoms with Crippen LogP contribution in [0.3, 0.4) is 0 Å². The van der Waals surface area contributed by atoms with Crippen LogP contribution < -0.4 is 0 Å². The van der Waals surface area contributed by atoms with Crippen LogP contribution in [-0.4, -0.2) is 0 Å². The molecule has 0 aliphatic carbocycles. The van der Waals surface area contributed by atoms with Crippen molar-refractivity contribution in [1.29, 1.82) is 0 Å².